The van der Waals surface area contributed by atoms with Crippen molar-refractivity contribution in [1.29, 1.82) is 0 Å². The van der Waals surface area contributed by atoms with Crippen LogP contribution in [0, 0.1) is 5.41 Å². The van der Waals surface area contributed by atoms with Gasteiger partial charge in [-0.15, -0.1) is 0 Å². The first-order valence-corrected chi connectivity index (χ1v) is 7.10. The highest BCUT2D eigenvalue weighted by atomic mass is 15.2. The summed E-state index contributed by atoms with van der Waals surface area (Å²) in [6.45, 7) is 10.1. The molecule has 0 aromatic carbocycles. The van der Waals surface area contributed by atoms with Crippen LogP contribution in [-0.2, 0) is 13.1 Å². The van der Waals surface area contributed by atoms with Gasteiger partial charge in [-0.3, -0.25) is 4.90 Å². The summed E-state index contributed by atoms with van der Waals surface area (Å²) in [5.41, 5.74) is 0.406. The number of fused-ring (bicyclic) bond motifs is 1. The number of nitrogens with zero attached hydrogens (tertiary/aromatic N) is 3. The van der Waals surface area contributed by atoms with Gasteiger partial charge in [0.25, 0.3) is 0 Å². The summed E-state index contributed by atoms with van der Waals surface area (Å²) in [4.78, 5) is 7.00. The van der Waals surface area contributed by atoms with Gasteiger partial charge in [0.15, 0.2) is 0 Å². The van der Waals surface area contributed by atoms with Crippen molar-refractivity contribution < 1.29 is 0 Å². The van der Waals surface area contributed by atoms with E-state index in [1.54, 1.807) is 0 Å². The van der Waals surface area contributed by atoms with Gasteiger partial charge in [-0.1, -0.05) is 13.8 Å². The van der Waals surface area contributed by atoms with Crippen molar-refractivity contribution in [3.05, 3.63) is 18.2 Å². The molecule has 0 saturated carbocycles. The summed E-state index contributed by atoms with van der Waals surface area (Å²) in [5.74, 6) is 1.21. The standard InChI is InChI=1S/C14H26N4/c1-4-14(5-2,11-15-3)12-17-8-9-18-7-6-16-13(18)10-17/h6-7,15H,4-5,8-12H2,1-3H3. The first kappa shape index (κ1) is 13.6. The van der Waals surface area contributed by atoms with E-state index in [9.17, 15) is 0 Å². The smallest absolute Gasteiger partial charge is 0.122 e. The minimum Gasteiger partial charge on any atom is -0.333 e. The van der Waals surface area contributed by atoms with E-state index in [0.717, 1.165) is 26.2 Å². The summed E-state index contributed by atoms with van der Waals surface area (Å²) in [5, 5.41) is 3.37. The van der Waals surface area contributed by atoms with Gasteiger partial charge in [0.1, 0.15) is 5.82 Å². The number of hydrogen-bond donors (Lipinski definition) is 1. The van der Waals surface area contributed by atoms with Gasteiger partial charge in [0.2, 0.25) is 0 Å². The lowest BCUT2D eigenvalue weighted by Gasteiger charge is -2.38. The van der Waals surface area contributed by atoms with Gasteiger partial charge < -0.3 is 9.88 Å². The van der Waals surface area contributed by atoms with Gasteiger partial charge >= 0.3 is 0 Å². The van der Waals surface area contributed by atoms with Gasteiger partial charge in [-0.25, -0.2) is 4.98 Å². The Bertz CT molecular complexity index is 368. The van der Waals surface area contributed by atoms with Crippen LogP contribution in [0.4, 0.5) is 0 Å². The third kappa shape index (κ3) is 2.75. The van der Waals surface area contributed by atoms with Crippen LogP contribution < -0.4 is 5.32 Å². The highest BCUT2D eigenvalue weighted by molar-refractivity contribution is 4.96. The topological polar surface area (TPSA) is 33.1 Å². The molecule has 0 aliphatic carbocycles. The predicted octanol–water partition coefficient (Wildman–Crippen LogP) is 1.72. The average Bonchev–Trinajstić information content (AvgIpc) is 2.85. The maximum absolute atomic E-state index is 4.44. The Hall–Kier alpha value is -0.870. The summed E-state index contributed by atoms with van der Waals surface area (Å²) in [6.07, 6.45) is 6.47. The van der Waals surface area contributed by atoms with Gasteiger partial charge in [-0.05, 0) is 25.3 Å². The van der Waals surface area contributed by atoms with Crippen LogP contribution in [-0.4, -0.2) is 41.1 Å². The maximum Gasteiger partial charge on any atom is 0.122 e. The van der Waals surface area contributed by atoms with E-state index in [1.807, 2.05) is 6.20 Å². The number of hydrogen-bond acceptors (Lipinski definition) is 3. The van der Waals surface area contributed by atoms with Gasteiger partial charge in [-0.2, -0.15) is 0 Å². The lowest BCUT2D eigenvalue weighted by Crippen LogP contribution is -2.45. The van der Waals surface area contributed by atoms with Crippen molar-refractivity contribution in [3.63, 3.8) is 0 Å². The van der Waals surface area contributed by atoms with E-state index in [-0.39, 0.29) is 0 Å². The highest BCUT2D eigenvalue weighted by Gasteiger charge is 2.29. The minimum absolute atomic E-state index is 0.406. The third-order valence-electron chi connectivity index (χ3n) is 4.43. The second-order valence-corrected chi connectivity index (χ2v) is 5.48. The molecule has 1 aromatic heterocycles. The number of nitrogens with one attached hydrogen (secondary N) is 1. The van der Waals surface area contributed by atoms with Crippen molar-refractivity contribution in [2.75, 3.05) is 26.7 Å². The zero-order valence-electron chi connectivity index (χ0n) is 11.9. The summed E-state index contributed by atoms with van der Waals surface area (Å²) in [7, 11) is 2.06. The number of rotatable bonds is 6. The number of imidazole rings is 1. The lowest BCUT2D eigenvalue weighted by molar-refractivity contribution is 0.112. The molecule has 102 valence electrons. The SMILES string of the molecule is CCC(CC)(CNC)CN1CCn2ccnc2C1. The molecule has 0 unspecified atom stereocenters. The van der Waals surface area contributed by atoms with Crippen LogP contribution in [0.5, 0.6) is 0 Å². The highest BCUT2D eigenvalue weighted by Crippen LogP contribution is 2.28. The maximum atomic E-state index is 4.44. The van der Waals surface area contributed by atoms with E-state index < -0.39 is 0 Å². The molecule has 1 aliphatic rings. The Balaban J connectivity index is 2.01. The molecule has 2 heterocycles. The lowest BCUT2D eigenvalue weighted by atomic mass is 9.81. The minimum atomic E-state index is 0.406. The molecule has 0 spiro atoms. The summed E-state index contributed by atoms with van der Waals surface area (Å²) < 4.78 is 2.27. The zero-order chi connectivity index (χ0) is 13.0. The Labute approximate surface area is 110 Å². The zero-order valence-corrected chi connectivity index (χ0v) is 11.9. The van der Waals surface area contributed by atoms with Crippen molar-refractivity contribution in [3.8, 4) is 0 Å². The molecular formula is C14H26N4. The van der Waals surface area contributed by atoms with Crippen LogP contribution >= 0.6 is 0 Å². The molecule has 1 aliphatic heterocycles. The number of aromatic nitrogens is 2. The van der Waals surface area contributed by atoms with Gasteiger partial charge in [0, 0.05) is 38.6 Å². The van der Waals surface area contributed by atoms with E-state index >= 15 is 0 Å². The first-order valence-electron chi connectivity index (χ1n) is 7.10. The van der Waals surface area contributed by atoms with Crippen molar-refractivity contribution in [1.82, 2.24) is 19.8 Å². The quantitative estimate of drug-likeness (QED) is 0.834. The van der Waals surface area contributed by atoms with Crippen LogP contribution in [0.3, 0.4) is 0 Å². The van der Waals surface area contributed by atoms with Crippen LogP contribution in [0.2, 0.25) is 0 Å². The monoisotopic (exact) mass is 250 g/mol. The van der Waals surface area contributed by atoms with Crippen molar-refractivity contribution in [2.24, 2.45) is 5.41 Å². The van der Waals surface area contributed by atoms with Crippen LogP contribution in [0.25, 0.3) is 0 Å². The Kier molecular flexibility index (Phi) is 4.40. The summed E-state index contributed by atoms with van der Waals surface area (Å²) >= 11 is 0. The second-order valence-electron chi connectivity index (χ2n) is 5.48. The largest absolute Gasteiger partial charge is 0.333 e. The van der Waals surface area contributed by atoms with Crippen molar-refractivity contribution in [2.45, 2.75) is 39.8 Å². The molecule has 1 N–H and O–H groups in total. The Morgan fingerprint density at radius 1 is 1.33 bits per heavy atom. The average molecular weight is 250 g/mol. The van der Waals surface area contributed by atoms with E-state index in [1.165, 1.54) is 25.2 Å². The third-order valence-corrected chi connectivity index (χ3v) is 4.43. The molecule has 0 fully saturated rings. The predicted molar refractivity (Wildman–Crippen MR) is 74.4 cm³/mol. The molecule has 1 aromatic rings. The van der Waals surface area contributed by atoms with Crippen LogP contribution in [0.15, 0.2) is 12.4 Å². The molecule has 4 nitrogen and oxygen atoms in total. The molecule has 0 amide bonds. The van der Waals surface area contributed by atoms with Gasteiger partial charge in [0.05, 0.1) is 6.54 Å². The fraction of sp³-hybridized carbons (Fsp3) is 0.786. The molecule has 4 heteroatoms. The molecule has 0 saturated heterocycles. The molecule has 2 rings (SSSR count). The fourth-order valence-corrected chi connectivity index (χ4v) is 2.99. The molecule has 0 bridgehead atoms. The second kappa shape index (κ2) is 5.85. The van der Waals surface area contributed by atoms with Crippen molar-refractivity contribution >= 4 is 0 Å². The Morgan fingerprint density at radius 2 is 2.11 bits per heavy atom. The summed E-state index contributed by atoms with van der Waals surface area (Å²) in [6, 6.07) is 0. The molecule has 0 atom stereocenters. The first-order chi connectivity index (χ1) is 8.73. The van der Waals surface area contributed by atoms with Crippen LogP contribution in [0.1, 0.15) is 32.5 Å². The molecular weight excluding hydrogens is 224 g/mol. The van der Waals surface area contributed by atoms with E-state index in [0.29, 0.717) is 5.41 Å². The normalized spacial score (nSPS) is 16.8. The Morgan fingerprint density at radius 3 is 2.78 bits per heavy atom. The molecule has 0 radical (unpaired) electrons. The fourth-order valence-electron chi connectivity index (χ4n) is 2.99. The molecule has 18 heavy (non-hydrogen) atoms. The van der Waals surface area contributed by atoms with E-state index in [4.69, 9.17) is 0 Å². The van der Waals surface area contributed by atoms with E-state index in [2.05, 4.69) is 46.9 Å².